The smallest absolute Gasteiger partial charge is 0.0180 e. The van der Waals surface area contributed by atoms with Crippen LogP contribution in [-0.4, -0.2) is 37.1 Å². The van der Waals surface area contributed by atoms with E-state index in [-0.39, 0.29) is 37.2 Å². The molecule has 1 unspecified atom stereocenters. The molecule has 1 rings (SSSR count). The number of nitrogens with two attached hydrogens (primary N) is 2. The average molecular weight is 239 g/mol. The molecule has 0 amide bonds. The predicted molar refractivity (Wildman–Crippen MR) is 59.8 cm³/mol. The Morgan fingerprint density at radius 1 is 1.25 bits per heavy atom. The molecule has 1 fully saturated rings. The van der Waals surface area contributed by atoms with Crippen molar-refractivity contribution >= 4 is 37.2 Å². The van der Waals surface area contributed by atoms with Crippen LogP contribution in [0.25, 0.3) is 0 Å². The number of rotatable bonds is 2. The highest BCUT2D eigenvalue weighted by molar-refractivity contribution is 5.86. The third kappa shape index (κ3) is 6.29. The maximum absolute atomic E-state index is 5.67. The van der Waals surface area contributed by atoms with Crippen LogP contribution < -0.4 is 11.5 Å². The third-order valence-electron chi connectivity index (χ3n) is 1.75. The molecule has 0 saturated carbocycles. The van der Waals surface area contributed by atoms with Gasteiger partial charge in [0.2, 0.25) is 0 Å². The molecule has 12 heavy (non-hydrogen) atoms. The van der Waals surface area contributed by atoms with Gasteiger partial charge >= 0.3 is 0 Å². The highest BCUT2D eigenvalue weighted by Gasteiger charge is 2.17. The topological polar surface area (TPSA) is 55.3 Å². The summed E-state index contributed by atoms with van der Waals surface area (Å²) in [6.45, 7) is 3.94. The maximum Gasteiger partial charge on any atom is 0.0180 e. The average Bonchev–Trinajstić information content (AvgIpc) is 2.17. The van der Waals surface area contributed by atoms with Crippen molar-refractivity contribution in [1.29, 1.82) is 0 Å². The van der Waals surface area contributed by atoms with Crippen LogP contribution in [-0.2, 0) is 0 Å². The van der Waals surface area contributed by atoms with Crippen molar-refractivity contribution in [3.05, 3.63) is 0 Å². The Labute approximate surface area is 92.5 Å². The van der Waals surface area contributed by atoms with Crippen molar-refractivity contribution in [1.82, 2.24) is 4.90 Å². The van der Waals surface area contributed by atoms with Gasteiger partial charge in [-0.2, -0.15) is 0 Å². The minimum Gasteiger partial charge on any atom is -0.329 e. The molecule has 0 aromatic rings. The van der Waals surface area contributed by atoms with Gasteiger partial charge in [-0.05, 0) is 13.0 Å². The van der Waals surface area contributed by atoms with Crippen LogP contribution in [0.15, 0.2) is 0 Å². The van der Waals surface area contributed by atoms with Crippen molar-refractivity contribution < 1.29 is 0 Å². The van der Waals surface area contributed by atoms with Crippen LogP contribution >= 0.6 is 37.2 Å². The molecular weight excluding hydrogens is 220 g/mol. The van der Waals surface area contributed by atoms with E-state index >= 15 is 0 Å². The lowest BCUT2D eigenvalue weighted by atomic mass is 10.3. The summed E-state index contributed by atoms with van der Waals surface area (Å²) in [5.41, 5.74) is 11.0. The van der Waals surface area contributed by atoms with Crippen LogP contribution in [0.5, 0.6) is 0 Å². The van der Waals surface area contributed by atoms with Crippen molar-refractivity contribution in [2.75, 3.05) is 26.2 Å². The van der Waals surface area contributed by atoms with Crippen LogP contribution in [0.3, 0.4) is 0 Å². The summed E-state index contributed by atoms with van der Waals surface area (Å²) in [7, 11) is 0. The van der Waals surface area contributed by atoms with Gasteiger partial charge in [0.25, 0.3) is 0 Å². The molecule has 1 saturated heterocycles. The van der Waals surface area contributed by atoms with Gasteiger partial charge < -0.3 is 16.4 Å². The Hall–Kier alpha value is 0.750. The number of nitrogens with zero attached hydrogens (tertiary/aromatic N) is 1. The quantitative estimate of drug-likeness (QED) is 0.725. The molecule has 3 nitrogen and oxygen atoms in total. The first-order valence-electron chi connectivity index (χ1n) is 3.51. The largest absolute Gasteiger partial charge is 0.329 e. The van der Waals surface area contributed by atoms with E-state index < -0.39 is 0 Å². The lowest BCUT2D eigenvalue weighted by molar-refractivity contribution is 0.344. The first kappa shape index (κ1) is 18.5. The highest BCUT2D eigenvalue weighted by atomic mass is 35.5. The fourth-order valence-electron chi connectivity index (χ4n) is 1.25. The molecule has 1 atom stereocenters. The monoisotopic (exact) mass is 237 g/mol. The van der Waals surface area contributed by atoms with Crippen molar-refractivity contribution in [2.45, 2.75) is 12.5 Å². The van der Waals surface area contributed by atoms with E-state index in [0.717, 1.165) is 32.6 Å². The summed E-state index contributed by atoms with van der Waals surface area (Å²) >= 11 is 0. The normalized spacial score (nSPS) is 22.0. The SMILES string of the molecule is Cl.Cl.Cl.NCCN1CCC(N)C1. The molecule has 6 heteroatoms. The first-order chi connectivity index (χ1) is 4.33. The molecule has 1 aliphatic heterocycles. The van der Waals surface area contributed by atoms with Gasteiger partial charge in [0.05, 0.1) is 0 Å². The van der Waals surface area contributed by atoms with E-state index in [1.54, 1.807) is 0 Å². The molecule has 0 aliphatic carbocycles. The lowest BCUT2D eigenvalue weighted by Crippen LogP contribution is -2.30. The summed E-state index contributed by atoms with van der Waals surface area (Å²) in [4.78, 5) is 2.31. The van der Waals surface area contributed by atoms with Crippen LogP contribution in [0.1, 0.15) is 6.42 Å². The van der Waals surface area contributed by atoms with Gasteiger partial charge in [-0.1, -0.05) is 0 Å². The molecule has 1 aliphatic rings. The minimum atomic E-state index is 0. The molecule has 0 aromatic heterocycles. The first-order valence-corrected chi connectivity index (χ1v) is 3.51. The molecule has 4 N–H and O–H groups in total. The Balaban J connectivity index is -0.000000270. The van der Waals surface area contributed by atoms with Gasteiger partial charge in [0.1, 0.15) is 0 Å². The van der Waals surface area contributed by atoms with Gasteiger partial charge in [-0.25, -0.2) is 0 Å². The minimum absolute atomic E-state index is 0. The maximum atomic E-state index is 5.67. The van der Waals surface area contributed by atoms with E-state index in [9.17, 15) is 0 Å². The van der Waals surface area contributed by atoms with E-state index in [1.165, 1.54) is 0 Å². The van der Waals surface area contributed by atoms with Gasteiger partial charge in [-0.15, -0.1) is 37.2 Å². The second kappa shape index (κ2) is 9.84. The molecule has 0 radical (unpaired) electrons. The van der Waals surface area contributed by atoms with Gasteiger partial charge in [0, 0.05) is 25.7 Å². The van der Waals surface area contributed by atoms with Crippen molar-refractivity contribution in [3.8, 4) is 0 Å². The van der Waals surface area contributed by atoms with Gasteiger partial charge in [-0.3, -0.25) is 0 Å². The number of halogens is 3. The zero-order valence-electron chi connectivity index (χ0n) is 6.94. The van der Waals surface area contributed by atoms with E-state index in [1.807, 2.05) is 0 Å². The van der Waals surface area contributed by atoms with Crippen molar-refractivity contribution in [3.63, 3.8) is 0 Å². The van der Waals surface area contributed by atoms with Crippen LogP contribution in [0.4, 0.5) is 0 Å². The highest BCUT2D eigenvalue weighted by Crippen LogP contribution is 2.04. The van der Waals surface area contributed by atoms with Crippen LogP contribution in [0.2, 0.25) is 0 Å². The van der Waals surface area contributed by atoms with E-state index in [0.29, 0.717) is 6.04 Å². The zero-order chi connectivity index (χ0) is 6.69. The van der Waals surface area contributed by atoms with E-state index in [4.69, 9.17) is 11.5 Å². The second-order valence-corrected chi connectivity index (χ2v) is 2.64. The fourth-order valence-corrected chi connectivity index (χ4v) is 1.25. The van der Waals surface area contributed by atoms with Crippen LogP contribution in [0, 0.1) is 0 Å². The third-order valence-corrected chi connectivity index (χ3v) is 1.75. The number of likely N-dealkylation sites (tertiary alicyclic amines) is 1. The van der Waals surface area contributed by atoms with Gasteiger partial charge in [0.15, 0.2) is 0 Å². The molecular formula is C6H18Cl3N3. The number of hydrogen-bond acceptors (Lipinski definition) is 3. The number of hydrogen-bond donors (Lipinski definition) is 2. The summed E-state index contributed by atoms with van der Waals surface area (Å²) in [6.07, 6.45) is 1.14. The summed E-state index contributed by atoms with van der Waals surface area (Å²) in [6, 6.07) is 0.400. The molecule has 1 heterocycles. The molecule has 0 bridgehead atoms. The zero-order valence-corrected chi connectivity index (χ0v) is 9.39. The second-order valence-electron chi connectivity index (χ2n) is 2.64. The summed E-state index contributed by atoms with van der Waals surface area (Å²) < 4.78 is 0. The Morgan fingerprint density at radius 2 is 1.83 bits per heavy atom. The molecule has 0 spiro atoms. The molecule has 78 valence electrons. The Kier molecular flexibility index (Phi) is 15.2. The predicted octanol–water partition coefficient (Wildman–Crippen LogP) is 0.244. The summed E-state index contributed by atoms with van der Waals surface area (Å²) in [5, 5.41) is 0. The standard InChI is InChI=1S/C6H15N3.3ClH/c7-2-4-9-3-1-6(8)5-9;;;/h6H,1-5,7-8H2;3*1H. The molecule has 0 aromatic carbocycles. The van der Waals surface area contributed by atoms with E-state index in [2.05, 4.69) is 4.90 Å². The summed E-state index contributed by atoms with van der Waals surface area (Å²) in [5.74, 6) is 0. The lowest BCUT2D eigenvalue weighted by Gasteiger charge is -2.12. The van der Waals surface area contributed by atoms with Crippen molar-refractivity contribution in [2.24, 2.45) is 11.5 Å². The Morgan fingerprint density at radius 3 is 2.17 bits per heavy atom. The Bertz CT molecular complexity index is 92.1. The fraction of sp³-hybridized carbons (Fsp3) is 1.00.